The smallest absolute Gasteiger partial charge is 0.0521 e. The molecule has 2 nitrogen and oxygen atoms in total. The lowest BCUT2D eigenvalue weighted by atomic mass is 10.2. The summed E-state index contributed by atoms with van der Waals surface area (Å²) in [6, 6.07) is 0. The molecule has 0 atom stereocenters. The second kappa shape index (κ2) is 3.40. The number of aromatic nitrogens is 2. The number of hydrogen-bond acceptors (Lipinski definition) is 1. The fourth-order valence-electron chi connectivity index (χ4n) is 0.997. The maximum absolute atomic E-state index is 4.17. The first-order valence-electron chi connectivity index (χ1n) is 3.88. The van der Waals surface area contributed by atoms with Crippen LogP contribution in [-0.2, 0) is 13.0 Å². The molecule has 1 aromatic rings. The van der Waals surface area contributed by atoms with Crippen LogP contribution in [0.1, 0.15) is 25.8 Å². The molecule has 0 radical (unpaired) electrons. The van der Waals surface area contributed by atoms with Gasteiger partial charge in [-0.05, 0) is 18.9 Å². The quantitative estimate of drug-likeness (QED) is 0.623. The van der Waals surface area contributed by atoms with Crippen molar-refractivity contribution in [2.45, 2.75) is 33.2 Å². The molecular weight excluding hydrogens is 124 g/mol. The molecule has 0 amide bonds. The summed E-state index contributed by atoms with van der Waals surface area (Å²) < 4.78 is 1.96. The van der Waals surface area contributed by atoms with Gasteiger partial charge >= 0.3 is 0 Å². The molecular formula is C8H14N2. The van der Waals surface area contributed by atoms with E-state index in [0.717, 1.165) is 13.0 Å². The molecule has 1 aromatic heterocycles. The molecule has 0 bridgehead atoms. The first-order valence-corrected chi connectivity index (χ1v) is 3.88. The van der Waals surface area contributed by atoms with Crippen molar-refractivity contribution in [3.63, 3.8) is 0 Å². The third-order valence-corrected chi connectivity index (χ3v) is 1.55. The van der Waals surface area contributed by atoms with Crippen molar-refractivity contribution < 1.29 is 0 Å². The fourth-order valence-corrected chi connectivity index (χ4v) is 0.997. The van der Waals surface area contributed by atoms with E-state index in [9.17, 15) is 0 Å². The van der Waals surface area contributed by atoms with E-state index in [-0.39, 0.29) is 0 Å². The largest absolute Gasteiger partial charge is 0.273 e. The zero-order chi connectivity index (χ0) is 7.40. The summed E-state index contributed by atoms with van der Waals surface area (Å²) in [7, 11) is 0. The number of hydrogen-bond donors (Lipinski definition) is 0. The maximum atomic E-state index is 4.17. The van der Waals surface area contributed by atoms with Gasteiger partial charge in [-0.15, -0.1) is 0 Å². The summed E-state index contributed by atoms with van der Waals surface area (Å²) >= 11 is 0. The monoisotopic (exact) mass is 138 g/mol. The molecule has 10 heavy (non-hydrogen) atoms. The Morgan fingerprint density at radius 1 is 1.50 bits per heavy atom. The molecule has 1 rings (SSSR count). The van der Waals surface area contributed by atoms with E-state index < -0.39 is 0 Å². The molecule has 0 spiro atoms. The highest BCUT2D eigenvalue weighted by Gasteiger charge is 1.93. The first kappa shape index (κ1) is 7.32. The highest BCUT2D eigenvalue weighted by molar-refractivity contribution is 5.03. The maximum Gasteiger partial charge on any atom is 0.0521 e. The standard InChI is InChI=1S/C8H14N2/c1-3-5-8-6-9-10(4-2)7-8/h6-7H,3-5H2,1-2H3. The van der Waals surface area contributed by atoms with Crippen LogP contribution in [0.5, 0.6) is 0 Å². The minimum atomic E-state index is 0.976. The van der Waals surface area contributed by atoms with Crippen LogP contribution in [-0.4, -0.2) is 9.78 Å². The third kappa shape index (κ3) is 1.59. The Bertz CT molecular complexity index is 191. The predicted octanol–water partition coefficient (Wildman–Crippen LogP) is 1.86. The summed E-state index contributed by atoms with van der Waals surface area (Å²) in [6.45, 7) is 5.26. The van der Waals surface area contributed by atoms with Crippen molar-refractivity contribution in [3.05, 3.63) is 18.0 Å². The lowest BCUT2D eigenvalue weighted by Gasteiger charge is -1.90. The zero-order valence-electron chi connectivity index (χ0n) is 6.67. The lowest BCUT2D eigenvalue weighted by molar-refractivity contribution is 0.659. The summed E-state index contributed by atoms with van der Waals surface area (Å²) in [5.41, 5.74) is 1.35. The van der Waals surface area contributed by atoms with Crippen LogP contribution in [0, 0.1) is 0 Å². The van der Waals surface area contributed by atoms with Gasteiger partial charge < -0.3 is 0 Å². The van der Waals surface area contributed by atoms with Gasteiger partial charge in [0.05, 0.1) is 6.20 Å². The Labute approximate surface area is 61.9 Å². The van der Waals surface area contributed by atoms with Crippen molar-refractivity contribution in [1.82, 2.24) is 9.78 Å². The average molecular weight is 138 g/mol. The molecule has 0 saturated carbocycles. The van der Waals surface area contributed by atoms with Gasteiger partial charge in [0, 0.05) is 12.7 Å². The Kier molecular flexibility index (Phi) is 2.49. The van der Waals surface area contributed by atoms with E-state index >= 15 is 0 Å². The number of aryl methyl sites for hydroxylation is 2. The van der Waals surface area contributed by atoms with E-state index in [1.165, 1.54) is 12.0 Å². The van der Waals surface area contributed by atoms with Gasteiger partial charge in [0.2, 0.25) is 0 Å². The van der Waals surface area contributed by atoms with Crippen LogP contribution in [0.25, 0.3) is 0 Å². The molecule has 0 fully saturated rings. The summed E-state index contributed by atoms with van der Waals surface area (Å²) in [5, 5.41) is 4.17. The fraction of sp³-hybridized carbons (Fsp3) is 0.625. The second-order valence-electron chi connectivity index (χ2n) is 2.45. The molecule has 0 aliphatic heterocycles. The van der Waals surface area contributed by atoms with Gasteiger partial charge in [-0.25, -0.2) is 0 Å². The van der Waals surface area contributed by atoms with Gasteiger partial charge in [0.25, 0.3) is 0 Å². The number of rotatable bonds is 3. The average Bonchev–Trinajstić information content (AvgIpc) is 2.37. The molecule has 0 aliphatic rings. The van der Waals surface area contributed by atoms with Gasteiger partial charge in [-0.2, -0.15) is 5.10 Å². The van der Waals surface area contributed by atoms with Crippen LogP contribution in [0.4, 0.5) is 0 Å². The van der Waals surface area contributed by atoms with Gasteiger partial charge in [-0.1, -0.05) is 13.3 Å². The molecule has 1 heterocycles. The molecule has 0 aromatic carbocycles. The molecule has 0 aliphatic carbocycles. The SMILES string of the molecule is CCCc1cnn(CC)c1. The minimum absolute atomic E-state index is 0.976. The highest BCUT2D eigenvalue weighted by Crippen LogP contribution is 2.00. The highest BCUT2D eigenvalue weighted by atomic mass is 15.3. The molecule has 2 heteroatoms. The molecule has 0 saturated heterocycles. The Hall–Kier alpha value is -0.790. The van der Waals surface area contributed by atoms with E-state index in [1.54, 1.807) is 0 Å². The van der Waals surface area contributed by atoms with Gasteiger partial charge in [-0.3, -0.25) is 4.68 Å². The number of nitrogens with zero attached hydrogens (tertiary/aromatic N) is 2. The van der Waals surface area contributed by atoms with Gasteiger partial charge in [0.1, 0.15) is 0 Å². The molecule has 56 valence electrons. The summed E-state index contributed by atoms with van der Waals surface area (Å²) in [5.74, 6) is 0. The van der Waals surface area contributed by atoms with Crippen LogP contribution < -0.4 is 0 Å². The lowest BCUT2D eigenvalue weighted by Crippen LogP contribution is -1.92. The summed E-state index contributed by atoms with van der Waals surface area (Å²) in [4.78, 5) is 0. The van der Waals surface area contributed by atoms with Crippen LogP contribution >= 0.6 is 0 Å². The molecule has 0 unspecified atom stereocenters. The second-order valence-corrected chi connectivity index (χ2v) is 2.45. The van der Waals surface area contributed by atoms with E-state index in [2.05, 4.69) is 25.1 Å². The van der Waals surface area contributed by atoms with Crippen molar-refractivity contribution in [3.8, 4) is 0 Å². The van der Waals surface area contributed by atoms with E-state index in [0.29, 0.717) is 0 Å². The Morgan fingerprint density at radius 3 is 2.80 bits per heavy atom. The minimum Gasteiger partial charge on any atom is -0.273 e. The topological polar surface area (TPSA) is 17.8 Å². The first-order chi connectivity index (χ1) is 4.86. The van der Waals surface area contributed by atoms with Crippen molar-refractivity contribution in [2.75, 3.05) is 0 Å². The Balaban J connectivity index is 2.59. The zero-order valence-corrected chi connectivity index (χ0v) is 6.67. The van der Waals surface area contributed by atoms with Gasteiger partial charge in [0.15, 0.2) is 0 Å². The van der Waals surface area contributed by atoms with E-state index in [4.69, 9.17) is 0 Å². The Morgan fingerprint density at radius 2 is 2.30 bits per heavy atom. The predicted molar refractivity (Wildman–Crippen MR) is 41.9 cm³/mol. The molecule has 0 N–H and O–H groups in total. The van der Waals surface area contributed by atoms with Crippen molar-refractivity contribution in [1.29, 1.82) is 0 Å². The third-order valence-electron chi connectivity index (χ3n) is 1.55. The van der Waals surface area contributed by atoms with Crippen molar-refractivity contribution in [2.24, 2.45) is 0 Å². The summed E-state index contributed by atoms with van der Waals surface area (Å²) in [6.07, 6.45) is 6.42. The normalized spacial score (nSPS) is 10.2. The van der Waals surface area contributed by atoms with Crippen molar-refractivity contribution >= 4 is 0 Å². The van der Waals surface area contributed by atoms with Crippen LogP contribution in [0.3, 0.4) is 0 Å². The van der Waals surface area contributed by atoms with E-state index in [1.807, 2.05) is 10.9 Å². The van der Waals surface area contributed by atoms with Crippen LogP contribution in [0.15, 0.2) is 12.4 Å². The van der Waals surface area contributed by atoms with Crippen LogP contribution in [0.2, 0.25) is 0 Å².